The van der Waals surface area contributed by atoms with Gasteiger partial charge in [-0.25, -0.2) is 0 Å². The van der Waals surface area contributed by atoms with Crippen molar-refractivity contribution in [2.24, 2.45) is 5.73 Å². The van der Waals surface area contributed by atoms with E-state index in [-0.39, 0.29) is 45.4 Å². The Hall–Kier alpha value is -3.85. The van der Waals surface area contributed by atoms with Crippen molar-refractivity contribution in [3.8, 4) is 11.8 Å². The van der Waals surface area contributed by atoms with Crippen LogP contribution >= 0.6 is 0 Å². The normalized spacial score (nSPS) is 18.3. The topological polar surface area (TPSA) is 113 Å². The molecule has 0 saturated heterocycles. The number of Topliss-reactive ketones (excluding diaryl/α,β-unsaturated/α-hetero) is 2. The maximum atomic E-state index is 13.7. The van der Waals surface area contributed by atoms with Crippen LogP contribution in [-0.4, -0.2) is 16.7 Å². The van der Waals surface area contributed by atoms with Crippen LogP contribution < -0.4 is 5.73 Å². The first-order valence-corrected chi connectivity index (χ1v) is 11.2. The summed E-state index contributed by atoms with van der Waals surface area (Å²) < 4.78 is 5.60. The molecule has 2 aromatic carbocycles. The molecule has 3 N–H and O–H groups in total. The molecule has 0 radical (unpaired) electrons. The molecule has 6 heteroatoms. The minimum absolute atomic E-state index is 0.0599. The highest BCUT2D eigenvalue weighted by Crippen LogP contribution is 2.48. The molecule has 0 spiro atoms. The molecule has 6 nitrogen and oxygen atoms in total. The van der Waals surface area contributed by atoms with Crippen LogP contribution in [0.3, 0.4) is 0 Å². The van der Waals surface area contributed by atoms with Crippen LogP contribution in [0.5, 0.6) is 5.75 Å². The van der Waals surface area contributed by atoms with Crippen molar-refractivity contribution in [3.05, 3.63) is 87.0 Å². The quantitative estimate of drug-likeness (QED) is 0.615. The zero-order valence-electron chi connectivity index (χ0n) is 20.2. The largest absolute Gasteiger partial charge is 0.507 e. The minimum atomic E-state index is -0.902. The molecule has 4 rings (SSSR count). The van der Waals surface area contributed by atoms with E-state index >= 15 is 0 Å². The Morgan fingerprint density at radius 1 is 0.941 bits per heavy atom. The van der Waals surface area contributed by atoms with Gasteiger partial charge in [0.15, 0.2) is 11.5 Å². The zero-order chi connectivity index (χ0) is 25.2. The molecule has 0 fully saturated rings. The molecule has 0 unspecified atom stereocenters. The van der Waals surface area contributed by atoms with E-state index in [0.717, 1.165) is 0 Å². The SMILES string of the molecule is CC(C)(C)c1cc([C@H]2C(C#N)=C(N)OC3=C2C(=O)c2ccccc2C3=O)cc(C(C)(C)C)c1O. The number of nitrogens with two attached hydrogens (primary N) is 1. The van der Waals surface area contributed by atoms with Crippen molar-refractivity contribution < 1.29 is 19.4 Å². The predicted molar refractivity (Wildman–Crippen MR) is 128 cm³/mol. The Bertz CT molecular complexity index is 1320. The molecule has 1 atom stereocenters. The third-order valence-electron chi connectivity index (χ3n) is 6.37. The fourth-order valence-corrected chi connectivity index (χ4v) is 4.61. The lowest BCUT2D eigenvalue weighted by Gasteiger charge is -2.33. The highest BCUT2D eigenvalue weighted by Gasteiger charge is 2.44. The van der Waals surface area contributed by atoms with Gasteiger partial charge in [-0.3, -0.25) is 9.59 Å². The van der Waals surface area contributed by atoms with E-state index < -0.39 is 22.5 Å². The number of hydrogen-bond donors (Lipinski definition) is 2. The summed E-state index contributed by atoms with van der Waals surface area (Å²) in [7, 11) is 0. The smallest absolute Gasteiger partial charge is 0.229 e. The van der Waals surface area contributed by atoms with Crippen LogP contribution in [0.1, 0.15) is 84.9 Å². The lowest BCUT2D eigenvalue weighted by atomic mass is 9.72. The van der Waals surface area contributed by atoms with E-state index in [1.54, 1.807) is 36.4 Å². The summed E-state index contributed by atoms with van der Waals surface area (Å²) in [6.45, 7) is 11.9. The predicted octanol–water partition coefficient (Wildman–Crippen LogP) is 5.13. The van der Waals surface area contributed by atoms with Crippen molar-refractivity contribution in [2.75, 3.05) is 0 Å². The number of rotatable bonds is 1. The van der Waals surface area contributed by atoms with Gasteiger partial charge in [0.2, 0.25) is 11.7 Å². The van der Waals surface area contributed by atoms with Crippen molar-refractivity contribution in [2.45, 2.75) is 58.3 Å². The van der Waals surface area contributed by atoms with Crippen LogP contribution in [0.15, 0.2) is 59.2 Å². The van der Waals surface area contributed by atoms with Gasteiger partial charge in [-0.15, -0.1) is 0 Å². The molecule has 2 aromatic rings. The van der Waals surface area contributed by atoms with Gasteiger partial charge in [-0.2, -0.15) is 5.26 Å². The van der Waals surface area contributed by atoms with Crippen molar-refractivity contribution >= 4 is 11.6 Å². The van der Waals surface area contributed by atoms with E-state index in [4.69, 9.17) is 10.5 Å². The number of allylic oxidation sites excluding steroid dienone is 3. The molecule has 0 saturated carbocycles. The number of ether oxygens (including phenoxy) is 1. The van der Waals surface area contributed by atoms with Crippen molar-refractivity contribution in [1.29, 1.82) is 5.26 Å². The first-order chi connectivity index (χ1) is 15.8. The molecular formula is C28H28N2O4. The van der Waals surface area contributed by atoms with Crippen LogP contribution in [0.2, 0.25) is 0 Å². The standard InChI is InChI=1S/C28H28N2O4/c1-27(2,3)18-11-14(12-19(24(18)33)28(4,5)6)20-17(13-29)26(30)34-25-21(20)22(31)15-9-7-8-10-16(15)23(25)32/h7-12,20,33H,30H2,1-6H3/t20-/m0/s1. The molecule has 34 heavy (non-hydrogen) atoms. The molecule has 0 amide bonds. The summed E-state index contributed by atoms with van der Waals surface area (Å²) in [5, 5.41) is 21.2. The number of nitrogens with zero attached hydrogens (tertiary/aromatic N) is 1. The number of carbonyl (C=O) groups excluding carboxylic acids is 2. The van der Waals surface area contributed by atoms with Crippen molar-refractivity contribution in [1.82, 2.24) is 0 Å². The Labute approximate surface area is 199 Å². The second kappa shape index (κ2) is 7.59. The second-order valence-electron chi connectivity index (χ2n) is 10.8. The average molecular weight is 457 g/mol. The van der Waals surface area contributed by atoms with E-state index in [1.807, 2.05) is 41.5 Å². The molecule has 1 aliphatic heterocycles. The summed E-state index contributed by atoms with van der Waals surface area (Å²) in [6.07, 6.45) is 0. The number of carbonyl (C=O) groups is 2. The molecule has 174 valence electrons. The first-order valence-electron chi connectivity index (χ1n) is 11.2. The van der Waals surface area contributed by atoms with Gasteiger partial charge in [0.25, 0.3) is 0 Å². The minimum Gasteiger partial charge on any atom is -0.507 e. The van der Waals surface area contributed by atoms with E-state index in [2.05, 4.69) is 6.07 Å². The summed E-state index contributed by atoms with van der Waals surface area (Å²) in [5.41, 5.74) is 7.88. The van der Waals surface area contributed by atoms with E-state index in [1.165, 1.54) is 0 Å². The zero-order valence-corrected chi connectivity index (χ0v) is 20.2. The number of benzene rings is 2. The maximum Gasteiger partial charge on any atom is 0.229 e. The van der Waals surface area contributed by atoms with Gasteiger partial charge in [-0.1, -0.05) is 77.9 Å². The van der Waals surface area contributed by atoms with Gasteiger partial charge < -0.3 is 15.6 Å². The molecule has 0 bridgehead atoms. The monoisotopic (exact) mass is 456 g/mol. The molecule has 1 heterocycles. The van der Waals surface area contributed by atoms with E-state index in [9.17, 15) is 20.0 Å². The Balaban J connectivity index is 2.06. The third-order valence-corrected chi connectivity index (χ3v) is 6.37. The number of nitriles is 1. The first kappa shape index (κ1) is 23.3. The fraction of sp³-hybridized carbons (Fsp3) is 0.321. The second-order valence-corrected chi connectivity index (χ2v) is 10.8. The van der Waals surface area contributed by atoms with Crippen LogP contribution in [-0.2, 0) is 15.6 Å². The maximum absolute atomic E-state index is 13.7. The van der Waals surface area contributed by atoms with Crippen LogP contribution in [0.4, 0.5) is 0 Å². The number of phenolic OH excluding ortho intramolecular Hbond substituents is 1. The molecule has 2 aliphatic rings. The number of aromatic hydroxyl groups is 1. The Kier molecular flexibility index (Phi) is 5.21. The summed E-state index contributed by atoms with van der Waals surface area (Å²) in [6, 6.07) is 12.2. The average Bonchev–Trinajstić information content (AvgIpc) is 2.75. The van der Waals surface area contributed by atoms with Gasteiger partial charge in [0.05, 0.1) is 11.5 Å². The van der Waals surface area contributed by atoms with Gasteiger partial charge in [0.1, 0.15) is 17.4 Å². The van der Waals surface area contributed by atoms with Crippen LogP contribution in [0, 0.1) is 11.3 Å². The summed E-state index contributed by atoms with van der Waals surface area (Å²) in [4.78, 5) is 27.0. The summed E-state index contributed by atoms with van der Waals surface area (Å²) >= 11 is 0. The summed E-state index contributed by atoms with van der Waals surface area (Å²) in [5.74, 6) is -1.89. The van der Waals surface area contributed by atoms with E-state index in [0.29, 0.717) is 16.7 Å². The number of phenols is 1. The highest BCUT2D eigenvalue weighted by molar-refractivity contribution is 6.27. The van der Waals surface area contributed by atoms with Gasteiger partial charge in [-0.05, 0) is 27.5 Å². The number of ketones is 2. The highest BCUT2D eigenvalue weighted by atomic mass is 16.5. The van der Waals surface area contributed by atoms with Gasteiger partial charge in [0, 0.05) is 11.1 Å². The lowest BCUT2D eigenvalue weighted by Crippen LogP contribution is -2.32. The lowest BCUT2D eigenvalue weighted by molar-refractivity contribution is 0.0897. The molecule has 1 aliphatic carbocycles. The Morgan fingerprint density at radius 2 is 1.44 bits per heavy atom. The number of hydrogen-bond acceptors (Lipinski definition) is 6. The fourth-order valence-electron chi connectivity index (χ4n) is 4.61. The number of fused-ring (bicyclic) bond motifs is 1. The molecule has 0 aromatic heterocycles. The van der Waals surface area contributed by atoms with Gasteiger partial charge >= 0.3 is 0 Å². The third kappa shape index (κ3) is 3.49. The molecular weight excluding hydrogens is 428 g/mol. The van der Waals surface area contributed by atoms with Crippen LogP contribution in [0.25, 0.3) is 0 Å². The van der Waals surface area contributed by atoms with Crippen molar-refractivity contribution in [3.63, 3.8) is 0 Å². The Morgan fingerprint density at radius 3 is 1.91 bits per heavy atom.